The summed E-state index contributed by atoms with van der Waals surface area (Å²) in [4.78, 5) is 0. The van der Waals surface area contributed by atoms with E-state index in [1.54, 1.807) is 31.1 Å². The molecule has 0 aliphatic heterocycles. The maximum atomic E-state index is 10.5. The Hall–Kier alpha value is -1.52. The topological polar surface area (TPSA) is 47.3 Å². The summed E-state index contributed by atoms with van der Waals surface area (Å²) in [7, 11) is 3.32. The lowest BCUT2D eigenvalue weighted by Crippen LogP contribution is -2.09. The second kappa shape index (κ2) is 5.00. The van der Waals surface area contributed by atoms with Gasteiger partial charge in [0, 0.05) is 12.1 Å². The monoisotopic (exact) mass is 266 g/mol. The average Bonchev–Trinajstić information content (AvgIpc) is 2.73. The highest BCUT2D eigenvalue weighted by atomic mass is 35.5. The van der Waals surface area contributed by atoms with Gasteiger partial charge in [-0.1, -0.05) is 23.7 Å². The number of hydrogen-bond acceptors (Lipinski definition) is 3. The molecule has 1 unspecified atom stereocenters. The van der Waals surface area contributed by atoms with Crippen LogP contribution < -0.4 is 4.74 Å². The SMILES string of the molecule is COc1cnn(C)c1C(O)c1cccc(Cl)c1C. The first-order valence-electron chi connectivity index (χ1n) is 5.55. The molecule has 1 heterocycles. The van der Waals surface area contributed by atoms with E-state index >= 15 is 0 Å². The summed E-state index contributed by atoms with van der Waals surface area (Å²) in [6, 6.07) is 5.46. The lowest BCUT2D eigenvalue weighted by molar-refractivity contribution is 0.203. The van der Waals surface area contributed by atoms with Gasteiger partial charge in [0.2, 0.25) is 0 Å². The Morgan fingerprint density at radius 1 is 1.44 bits per heavy atom. The van der Waals surface area contributed by atoms with Crippen LogP contribution in [0.15, 0.2) is 24.4 Å². The van der Waals surface area contributed by atoms with Crippen molar-refractivity contribution in [1.29, 1.82) is 0 Å². The molecular formula is C13H15ClN2O2. The van der Waals surface area contributed by atoms with Crippen molar-refractivity contribution in [2.24, 2.45) is 7.05 Å². The molecule has 0 fully saturated rings. The largest absolute Gasteiger partial charge is 0.493 e. The second-order valence-corrected chi connectivity index (χ2v) is 4.49. The van der Waals surface area contributed by atoms with Crippen molar-refractivity contribution >= 4 is 11.6 Å². The minimum atomic E-state index is -0.814. The maximum Gasteiger partial charge on any atom is 0.162 e. The van der Waals surface area contributed by atoms with Crippen LogP contribution in [-0.4, -0.2) is 22.0 Å². The first-order valence-corrected chi connectivity index (χ1v) is 5.93. The molecule has 1 aromatic heterocycles. The number of aromatic nitrogens is 2. The zero-order chi connectivity index (χ0) is 13.3. The molecule has 0 saturated carbocycles. The van der Waals surface area contributed by atoms with Crippen LogP contribution in [0, 0.1) is 6.92 Å². The molecule has 2 rings (SSSR count). The maximum absolute atomic E-state index is 10.5. The van der Waals surface area contributed by atoms with E-state index in [1.807, 2.05) is 19.1 Å². The number of hydrogen-bond donors (Lipinski definition) is 1. The molecule has 5 heteroatoms. The molecule has 0 amide bonds. The van der Waals surface area contributed by atoms with Crippen molar-refractivity contribution < 1.29 is 9.84 Å². The van der Waals surface area contributed by atoms with Gasteiger partial charge in [-0.05, 0) is 24.1 Å². The molecule has 0 saturated heterocycles. The van der Waals surface area contributed by atoms with Gasteiger partial charge in [-0.2, -0.15) is 5.10 Å². The molecular weight excluding hydrogens is 252 g/mol. The number of methoxy groups -OCH3 is 1. The Labute approximate surface area is 111 Å². The molecule has 2 aromatic rings. The highest BCUT2D eigenvalue weighted by molar-refractivity contribution is 6.31. The third-order valence-corrected chi connectivity index (χ3v) is 3.44. The zero-order valence-electron chi connectivity index (χ0n) is 10.5. The molecule has 1 N–H and O–H groups in total. The van der Waals surface area contributed by atoms with Gasteiger partial charge in [-0.3, -0.25) is 4.68 Å². The van der Waals surface area contributed by atoms with Gasteiger partial charge in [0.05, 0.1) is 13.3 Å². The highest BCUT2D eigenvalue weighted by Crippen LogP contribution is 2.32. The van der Waals surface area contributed by atoms with Crippen molar-refractivity contribution in [1.82, 2.24) is 9.78 Å². The van der Waals surface area contributed by atoms with E-state index in [1.165, 1.54) is 0 Å². The van der Waals surface area contributed by atoms with Gasteiger partial charge in [-0.15, -0.1) is 0 Å². The summed E-state index contributed by atoms with van der Waals surface area (Å²) >= 11 is 6.07. The van der Waals surface area contributed by atoms with Crippen LogP contribution in [0.1, 0.15) is 22.9 Å². The van der Waals surface area contributed by atoms with Crippen molar-refractivity contribution in [3.8, 4) is 5.75 Å². The Bertz CT molecular complexity index is 566. The number of benzene rings is 1. The molecule has 0 radical (unpaired) electrons. The molecule has 4 nitrogen and oxygen atoms in total. The van der Waals surface area contributed by atoms with Gasteiger partial charge in [0.15, 0.2) is 5.75 Å². The number of rotatable bonds is 3. The summed E-state index contributed by atoms with van der Waals surface area (Å²) in [6.45, 7) is 1.88. The van der Waals surface area contributed by atoms with Crippen LogP contribution >= 0.6 is 11.6 Å². The molecule has 1 aromatic carbocycles. The number of halogens is 1. The Kier molecular flexibility index (Phi) is 3.59. The minimum Gasteiger partial charge on any atom is -0.493 e. The van der Waals surface area contributed by atoms with E-state index in [-0.39, 0.29) is 0 Å². The van der Waals surface area contributed by atoms with Crippen LogP contribution in [0.2, 0.25) is 5.02 Å². The number of aryl methyl sites for hydroxylation is 1. The van der Waals surface area contributed by atoms with E-state index in [0.29, 0.717) is 16.5 Å². The third kappa shape index (κ3) is 2.09. The van der Waals surface area contributed by atoms with Crippen LogP contribution in [0.5, 0.6) is 5.75 Å². The van der Waals surface area contributed by atoms with Crippen LogP contribution in [0.3, 0.4) is 0 Å². The second-order valence-electron chi connectivity index (χ2n) is 4.08. The third-order valence-electron chi connectivity index (χ3n) is 3.03. The fraction of sp³-hybridized carbons (Fsp3) is 0.308. The van der Waals surface area contributed by atoms with Crippen molar-refractivity contribution in [3.63, 3.8) is 0 Å². The van der Waals surface area contributed by atoms with Crippen LogP contribution in [0.25, 0.3) is 0 Å². The fourth-order valence-corrected chi connectivity index (χ4v) is 2.15. The van der Waals surface area contributed by atoms with E-state index in [2.05, 4.69) is 5.10 Å². The number of nitrogens with zero attached hydrogens (tertiary/aromatic N) is 2. The quantitative estimate of drug-likeness (QED) is 0.928. The predicted octanol–water partition coefficient (Wildman–Crippen LogP) is 2.47. The lowest BCUT2D eigenvalue weighted by atomic mass is 10.0. The molecule has 0 aliphatic rings. The summed E-state index contributed by atoms with van der Waals surface area (Å²) in [5.74, 6) is 0.560. The van der Waals surface area contributed by atoms with E-state index in [0.717, 1.165) is 11.1 Å². The van der Waals surface area contributed by atoms with Gasteiger partial charge in [0.1, 0.15) is 11.8 Å². The molecule has 96 valence electrons. The van der Waals surface area contributed by atoms with Crippen molar-refractivity contribution in [3.05, 3.63) is 46.2 Å². The standard InChI is InChI=1S/C13H15ClN2O2/c1-8-9(5-4-6-10(8)14)13(17)12-11(18-3)7-15-16(12)2/h4-7,13,17H,1-3H3. The van der Waals surface area contributed by atoms with Crippen LogP contribution in [-0.2, 0) is 7.05 Å². The summed E-state index contributed by atoms with van der Waals surface area (Å²) in [5, 5.41) is 15.2. The Balaban J connectivity index is 2.51. The van der Waals surface area contributed by atoms with Crippen molar-refractivity contribution in [2.75, 3.05) is 7.11 Å². The molecule has 1 atom stereocenters. The summed E-state index contributed by atoms with van der Waals surface area (Å²) in [6.07, 6.45) is 0.768. The number of aliphatic hydroxyl groups is 1. The van der Waals surface area contributed by atoms with E-state index in [4.69, 9.17) is 16.3 Å². The van der Waals surface area contributed by atoms with Gasteiger partial charge in [-0.25, -0.2) is 0 Å². The molecule has 0 spiro atoms. The number of aliphatic hydroxyl groups excluding tert-OH is 1. The van der Waals surface area contributed by atoms with E-state index in [9.17, 15) is 5.11 Å². The van der Waals surface area contributed by atoms with Crippen LogP contribution in [0.4, 0.5) is 0 Å². The minimum absolute atomic E-state index is 0.560. The summed E-state index contributed by atoms with van der Waals surface area (Å²) < 4.78 is 6.80. The lowest BCUT2D eigenvalue weighted by Gasteiger charge is -2.16. The van der Waals surface area contributed by atoms with Gasteiger partial charge >= 0.3 is 0 Å². The number of ether oxygens (including phenoxy) is 1. The first kappa shape index (κ1) is 12.9. The summed E-state index contributed by atoms with van der Waals surface area (Å²) in [5.41, 5.74) is 2.22. The normalized spacial score (nSPS) is 12.5. The molecule has 0 bridgehead atoms. The Morgan fingerprint density at radius 3 is 2.83 bits per heavy atom. The fourth-order valence-electron chi connectivity index (χ4n) is 1.96. The molecule has 18 heavy (non-hydrogen) atoms. The zero-order valence-corrected chi connectivity index (χ0v) is 11.3. The van der Waals surface area contributed by atoms with Crippen molar-refractivity contribution in [2.45, 2.75) is 13.0 Å². The molecule has 0 aliphatic carbocycles. The predicted molar refractivity (Wildman–Crippen MR) is 70.0 cm³/mol. The first-order chi connectivity index (χ1) is 8.56. The van der Waals surface area contributed by atoms with Gasteiger partial charge in [0.25, 0.3) is 0 Å². The average molecular weight is 267 g/mol. The van der Waals surface area contributed by atoms with E-state index < -0.39 is 6.10 Å². The Morgan fingerprint density at radius 2 is 2.17 bits per heavy atom. The smallest absolute Gasteiger partial charge is 0.162 e. The highest BCUT2D eigenvalue weighted by Gasteiger charge is 2.22. The van der Waals surface area contributed by atoms with Gasteiger partial charge < -0.3 is 9.84 Å².